The van der Waals surface area contributed by atoms with Gasteiger partial charge in [-0.05, 0) is 59.7 Å². The van der Waals surface area contributed by atoms with E-state index >= 15 is 0 Å². The van der Waals surface area contributed by atoms with E-state index in [1.54, 1.807) is 0 Å². The van der Waals surface area contributed by atoms with Crippen LogP contribution in [0.25, 0.3) is 0 Å². The summed E-state index contributed by atoms with van der Waals surface area (Å²) in [5.41, 5.74) is 0.361. The van der Waals surface area contributed by atoms with Crippen LogP contribution in [0.2, 0.25) is 0 Å². The molecule has 0 bridgehead atoms. The van der Waals surface area contributed by atoms with Gasteiger partial charge in [-0.15, -0.1) is 0 Å². The Hall–Kier alpha value is -0.120. The van der Waals surface area contributed by atoms with E-state index in [0.29, 0.717) is 17.7 Å². The standard InChI is InChI=1S/C13H26N2O/c1-11-4-5-12(16-11)10-15-8-6-13(2,14-3)7-9-15/h11-12,14H,4-10H2,1-3H3. The maximum Gasteiger partial charge on any atom is 0.0706 e. The quantitative estimate of drug-likeness (QED) is 0.791. The molecular weight excluding hydrogens is 200 g/mol. The van der Waals surface area contributed by atoms with Crippen molar-refractivity contribution in [2.24, 2.45) is 0 Å². The van der Waals surface area contributed by atoms with Crippen LogP contribution in [0.3, 0.4) is 0 Å². The Morgan fingerprint density at radius 3 is 2.50 bits per heavy atom. The average Bonchev–Trinajstić information content (AvgIpc) is 2.68. The molecule has 0 aromatic heterocycles. The van der Waals surface area contributed by atoms with Crippen LogP contribution in [-0.4, -0.2) is 49.3 Å². The van der Waals surface area contributed by atoms with E-state index < -0.39 is 0 Å². The summed E-state index contributed by atoms with van der Waals surface area (Å²) < 4.78 is 5.89. The molecule has 0 saturated carbocycles. The van der Waals surface area contributed by atoms with Crippen LogP contribution in [0.15, 0.2) is 0 Å². The zero-order valence-corrected chi connectivity index (χ0v) is 11.0. The van der Waals surface area contributed by atoms with Gasteiger partial charge in [0, 0.05) is 12.1 Å². The van der Waals surface area contributed by atoms with Gasteiger partial charge >= 0.3 is 0 Å². The van der Waals surface area contributed by atoms with Crippen LogP contribution in [-0.2, 0) is 4.74 Å². The van der Waals surface area contributed by atoms with Crippen LogP contribution in [0.4, 0.5) is 0 Å². The van der Waals surface area contributed by atoms with Gasteiger partial charge in [-0.25, -0.2) is 0 Å². The van der Waals surface area contributed by atoms with Gasteiger partial charge in [-0.3, -0.25) is 0 Å². The highest BCUT2D eigenvalue weighted by Crippen LogP contribution is 2.24. The molecule has 2 unspecified atom stereocenters. The molecule has 2 atom stereocenters. The summed E-state index contributed by atoms with van der Waals surface area (Å²) in [5, 5.41) is 3.44. The Labute approximate surface area is 99.5 Å². The Balaban J connectivity index is 1.73. The Morgan fingerprint density at radius 1 is 1.31 bits per heavy atom. The molecule has 3 nitrogen and oxygen atoms in total. The first-order valence-corrected chi connectivity index (χ1v) is 6.68. The Kier molecular flexibility index (Phi) is 3.88. The summed E-state index contributed by atoms with van der Waals surface area (Å²) in [6, 6.07) is 0. The summed E-state index contributed by atoms with van der Waals surface area (Å²) in [7, 11) is 2.08. The summed E-state index contributed by atoms with van der Waals surface area (Å²) in [4.78, 5) is 2.57. The molecule has 0 aromatic carbocycles. The number of rotatable bonds is 3. The number of hydrogen-bond donors (Lipinski definition) is 1. The van der Waals surface area contributed by atoms with Crippen molar-refractivity contribution in [2.75, 3.05) is 26.7 Å². The largest absolute Gasteiger partial charge is 0.374 e. The fourth-order valence-electron chi connectivity index (χ4n) is 2.79. The van der Waals surface area contributed by atoms with E-state index in [-0.39, 0.29) is 0 Å². The minimum absolute atomic E-state index is 0.361. The lowest BCUT2D eigenvalue weighted by atomic mass is 9.90. The summed E-state index contributed by atoms with van der Waals surface area (Å²) in [5.74, 6) is 0. The maximum atomic E-state index is 5.89. The Bertz CT molecular complexity index is 224. The van der Waals surface area contributed by atoms with E-state index in [1.807, 2.05) is 0 Å². The van der Waals surface area contributed by atoms with Crippen molar-refractivity contribution >= 4 is 0 Å². The van der Waals surface area contributed by atoms with Crippen LogP contribution >= 0.6 is 0 Å². The zero-order chi connectivity index (χ0) is 11.6. The molecule has 2 saturated heterocycles. The van der Waals surface area contributed by atoms with Crippen molar-refractivity contribution in [1.29, 1.82) is 0 Å². The minimum Gasteiger partial charge on any atom is -0.374 e. The van der Waals surface area contributed by atoms with Crippen LogP contribution in [0.1, 0.15) is 39.5 Å². The van der Waals surface area contributed by atoms with Crippen molar-refractivity contribution in [2.45, 2.75) is 57.3 Å². The zero-order valence-electron chi connectivity index (χ0n) is 11.0. The van der Waals surface area contributed by atoms with Gasteiger partial charge in [0.25, 0.3) is 0 Å². The van der Waals surface area contributed by atoms with Crippen LogP contribution < -0.4 is 5.32 Å². The first kappa shape index (κ1) is 12.3. The van der Waals surface area contributed by atoms with Gasteiger partial charge in [-0.2, -0.15) is 0 Å². The third kappa shape index (κ3) is 2.96. The van der Waals surface area contributed by atoms with E-state index in [4.69, 9.17) is 4.74 Å². The SMILES string of the molecule is CNC1(C)CCN(CC2CCC(C)O2)CC1. The molecule has 2 aliphatic heterocycles. The average molecular weight is 226 g/mol. The predicted molar refractivity (Wildman–Crippen MR) is 66.7 cm³/mol. The smallest absolute Gasteiger partial charge is 0.0706 e. The van der Waals surface area contributed by atoms with Gasteiger partial charge in [0.15, 0.2) is 0 Å². The molecular formula is C13H26N2O. The number of ether oxygens (including phenoxy) is 1. The number of likely N-dealkylation sites (tertiary alicyclic amines) is 1. The number of nitrogens with one attached hydrogen (secondary N) is 1. The number of nitrogens with zero attached hydrogens (tertiary/aromatic N) is 1. The molecule has 1 N–H and O–H groups in total. The molecule has 0 aromatic rings. The van der Waals surface area contributed by atoms with Gasteiger partial charge in [-0.1, -0.05) is 0 Å². The molecule has 0 spiro atoms. The predicted octanol–water partition coefficient (Wildman–Crippen LogP) is 1.63. The van der Waals surface area contributed by atoms with Gasteiger partial charge in [0.05, 0.1) is 12.2 Å². The Morgan fingerprint density at radius 2 is 2.00 bits per heavy atom. The van der Waals surface area contributed by atoms with Gasteiger partial charge in [0.1, 0.15) is 0 Å². The second-order valence-corrected chi connectivity index (χ2v) is 5.76. The lowest BCUT2D eigenvalue weighted by Crippen LogP contribution is -2.51. The normalized spacial score (nSPS) is 35.4. The van der Waals surface area contributed by atoms with Gasteiger partial charge in [0.2, 0.25) is 0 Å². The first-order valence-electron chi connectivity index (χ1n) is 6.68. The van der Waals surface area contributed by atoms with E-state index in [0.717, 1.165) is 6.54 Å². The van der Waals surface area contributed by atoms with E-state index in [1.165, 1.54) is 38.8 Å². The van der Waals surface area contributed by atoms with Crippen molar-refractivity contribution in [3.05, 3.63) is 0 Å². The van der Waals surface area contributed by atoms with Gasteiger partial charge < -0.3 is 15.0 Å². The highest BCUT2D eigenvalue weighted by Gasteiger charge is 2.30. The molecule has 2 heterocycles. The third-order valence-corrected chi connectivity index (χ3v) is 4.34. The summed E-state index contributed by atoms with van der Waals surface area (Å²) in [6.07, 6.45) is 5.98. The number of piperidine rings is 1. The van der Waals surface area contributed by atoms with Crippen molar-refractivity contribution in [1.82, 2.24) is 10.2 Å². The molecule has 2 fully saturated rings. The molecule has 2 aliphatic rings. The van der Waals surface area contributed by atoms with Crippen molar-refractivity contribution in [3.63, 3.8) is 0 Å². The molecule has 94 valence electrons. The maximum absolute atomic E-state index is 5.89. The minimum atomic E-state index is 0.361. The molecule has 2 rings (SSSR count). The fourth-order valence-corrected chi connectivity index (χ4v) is 2.79. The fraction of sp³-hybridized carbons (Fsp3) is 1.00. The second kappa shape index (κ2) is 5.03. The first-order chi connectivity index (χ1) is 7.61. The highest BCUT2D eigenvalue weighted by molar-refractivity contribution is 4.89. The third-order valence-electron chi connectivity index (χ3n) is 4.34. The molecule has 3 heteroatoms. The molecule has 0 aliphatic carbocycles. The summed E-state index contributed by atoms with van der Waals surface area (Å²) in [6.45, 7) is 8.09. The molecule has 0 radical (unpaired) electrons. The van der Waals surface area contributed by atoms with Crippen molar-refractivity contribution in [3.8, 4) is 0 Å². The monoisotopic (exact) mass is 226 g/mol. The van der Waals surface area contributed by atoms with E-state index in [2.05, 4.69) is 31.1 Å². The van der Waals surface area contributed by atoms with Crippen LogP contribution in [0.5, 0.6) is 0 Å². The molecule has 16 heavy (non-hydrogen) atoms. The highest BCUT2D eigenvalue weighted by atomic mass is 16.5. The number of hydrogen-bond acceptors (Lipinski definition) is 3. The lowest BCUT2D eigenvalue weighted by Gasteiger charge is -2.40. The molecule has 0 amide bonds. The van der Waals surface area contributed by atoms with Crippen molar-refractivity contribution < 1.29 is 4.74 Å². The lowest BCUT2D eigenvalue weighted by molar-refractivity contribution is 0.0210. The van der Waals surface area contributed by atoms with Crippen LogP contribution in [0, 0.1) is 0 Å². The topological polar surface area (TPSA) is 24.5 Å². The summed E-state index contributed by atoms with van der Waals surface area (Å²) >= 11 is 0. The van der Waals surface area contributed by atoms with E-state index in [9.17, 15) is 0 Å². The second-order valence-electron chi connectivity index (χ2n) is 5.76.